The van der Waals surface area contributed by atoms with Crippen LogP contribution in [0.1, 0.15) is 12.6 Å². The highest BCUT2D eigenvalue weighted by atomic mass is 127. The fourth-order valence-corrected chi connectivity index (χ4v) is 2.55. The van der Waals surface area contributed by atoms with Crippen molar-refractivity contribution in [1.29, 1.82) is 0 Å². The summed E-state index contributed by atoms with van der Waals surface area (Å²) >= 11 is 14.3. The van der Waals surface area contributed by atoms with Crippen LogP contribution in [0.5, 0.6) is 0 Å². The van der Waals surface area contributed by atoms with E-state index >= 15 is 0 Å². The molecule has 0 amide bonds. The minimum atomic E-state index is 0.446. The van der Waals surface area contributed by atoms with Crippen molar-refractivity contribution in [3.63, 3.8) is 0 Å². The van der Waals surface area contributed by atoms with Gasteiger partial charge in [-0.05, 0) is 41.1 Å². The summed E-state index contributed by atoms with van der Waals surface area (Å²) in [5.41, 5.74) is 7.50. The number of aromatic nitrogens is 2. The number of hydrogen-bond acceptors (Lipinski definition) is 3. The number of rotatable bonds is 2. The van der Waals surface area contributed by atoms with Gasteiger partial charge in [0, 0.05) is 5.56 Å². The summed E-state index contributed by atoms with van der Waals surface area (Å²) in [5, 5.41) is 0.926. The number of benzene rings is 1. The predicted molar refractivity (Wildman–Crippen MR) is 84.0 cm³/mol. The second kappa shape index (κ2) is 5.59. The molecule has 6 heteroatoms. The molecule has 3 nitrogen and oxygen atoms in total. The summed E-state index contributed by atoms with van der Waals surface area (Å²) in [5.74, 6) is 0.978. The number of hydrogen-bond donors (Lipinski definition) is 1. The molecule has 0 saturated carbocycles. The predicted octanol–water partition coefficient (Wildman–Crippen LogP) is 4.20. The van der Waals surface area contributed by atoms with E-state index in [9.17, 15) is 0 Å². The van der Waals surface area contributed by atoms with E-state index in [0.29, 0.717) is 27.3 Å². The van der Waals surface area contributed by atoms with E-state index in [1.54, 1.807) is 6.07 Å². The lowest BCUT2D eigenvalue weighted by Gasteiger charge is -2.09. The summed E-state index contributed by atoms with van der Waals surface area (Å²) in [7, 11) is 0. The van der Waals surface area contributed by atoms with Crippen molar-refractivity contribution in [2.24, 2.45) is 0 Å². The monoisotopic (exact) mass is 393 g/mol. The van der Waals surface area contributed by atoms with Gasteiger partial charge in [0.15, 0.2) is 5.82 Å². The summed E-state index contributed by atoms with van der Waals surface area (Å²) in [6.07, 6.45) is 0.788. The van der Waals surface area contributed by atoms with Gasteiger partial charge in [0.2, 0.25) is 0 Å². The molecule has 0 aliphatic carbocycles. The van der Waals surface area contributed by atoms with Crippen molar-refractivity contribution in [3.8, 4) is 11.4 Å². The molecule has 2 rings (SSSR count). The van der Waals surface area contributed by atoms with Gasteiger partial charge in [0.1, 0.15) is 5.82 Å². The fraction of sp³-hybridized carbons (Fsp3) is 0.167. The van der Waals surface area contributed by atoms with Gasteiger partial charge in [-0.2, -0.15) is 0 Å². The minimum absolute atomic E-state index is 0.446. The molecule has 0 aliphatic heterocycles. The Balaban J connectivity index is 2.64. The molecule has 2 N–H and O–H groups in total. The maximum atomic E-state index is 6.16. The number of nitrogens with two attached hydrogens (primary N) is 1. The highest BCUT2D eigenvalue weighted by molar-refractivity contribution is 14.1. The van der Waals surface area contributed by atoms with Crippen molar-refractivity contribution in [3.05, 3.63) is 37.5 Å². The molecule has 18 heavy (non-hydrogen) atoms. The molecule has 0 bridgehead atoms. The van der Waals surface area contributed by atoms with E-state index in [2.05, 4.69) is 32.6 Å². The summed E-state index contributed by atoms with van der Waals surface area (Å²) in [4.78, 5) is 8.75. The van der Waals surface area contributed by atoms with Crippen molar-refractivity contribution in [2.45, 2.75) is 13.3 Å². The maximum Gasteiger partial charge on any atom is 0.163 e. The van der Waals surface area contributed by atoms with Crippen molar-refractivity contribution >= 4 is 51.6 Å². The molecule has 0 atom stereocenters. The first-order valence-electron chi connectivity index (χ1n) is 5.30. The Bertz CT molecular complexity index is 602. The molecular weight excluding hydrogens is 384 g/mol. The van der Waals surface area contributed by atoms with Gasteiger partial charge < -0.3 is 5.73 Å². The van der Waals surface area contributed by atoms with Crippen molar-refractivity contribution < 1.29 is 0 Å². The molecule has 0 unspecified atom stereocenters. The highest BCUT2D eigenvalue weighted by Crippen LogP contribution is 2.32. The molecule has 0 saturated heterocycles. The van der Waals surface area contributed by atoms with Crippen LogP contribution in [-0.4, -0.2) is 9.97 Å². The minimum Gasteiger partial charge on any atom is -0.383 e. The first kappa shape index (κ1) is 13.8. The average Bonchev–Trinajstić information content (AvgIpc) is 2.36. The summed E-state index contributed by atoms with van der Waals surface area (Å²) in [6.45, 7) is 2.02. The fourth-order valence-electron chi connectivity index (χ4n) is 1.54. The maximum absolute atomic E-state index is 6.16. The van der Waals surface area contributed by atoms with E-state index in [1.807, 2.05) is 19.1 Å². The average molecular weight is 394 g/mol. The van der Waals surface area contributed by atoms with Gasteiger partial charge >= 0.3 is 0 Å². The molecule has 1 aromatic carbocycles. The zero-order valence-corrected chi connectivity index (χ0v) is 13.2. The van der Waals surface area contributed by atoms with Gasteiger partial charge in [0.05, 0.1) is 19.3 Å². The molecule has 0 aliphatic rings. The number of nitrogens with zero attached hydrogens (tertiary/aromatic N) is 2. The molecule has 1 heterocycles. The Morgan fingerprint density at radius 3 is 2.67 bits per heavy atom. The van der Waals surface area contributed by atoms with Crippen LogP contribution in [0.25, 0.3) is 11.4 Å². The van der Waals surface area contributed by atoms with Crippen molar-refractivity contribution in [2.75, 3.05) is 5.73 Å². The van der Waals surface area contributed by atoms with E-state index < -0.39 is 0 Å². The SMILES string of the molecule is CCc1nc(-c2cccc(Cl)c2Cl)nc(N)c1I. The molecule has 0 fully saturated rings. The molecule has 0 spiro atoms. The Morgan fingerprint density at radius 2 is 2.00 bits per heavy atom. The second-order valence-electron chi connectivity index (χ2n) is 3.65. The van der Waals surface area contributed by atoms with E-state index in [4.69, 9.17) is 28.9 Å². The zero-order chi connectivity index (χ0) is 13.3. The van der Waals surface area contributed by atoms with Crippen LogP contribution in [-0.2, 0) is 6.42 Å². The lowest BCUT2D eigenvalue weighted by atomic mass is 10.2. The van der Waals surface area contributed by atoms with Crippen LogP contribution in [0.2, 0.25) is 10.0 Å². The topological polar surface area (TPSA) is 51.8 Å². The molecular formula is C12H10Cl2IN3. The van der Waals surface area contributed by atoms with Gasteiger partial charge in [0.25, 0.3) is 0 Å². The highest BCUT2D eigenvalue weighted by Gasteiger charge is 2.13. The van der Waals surface area contributed by atoms with Crippen LogP contribution in [0.15, 0.2) is 18.2 Å². The van der Waals surface area contributed by atoms with Crippen molar-refractivity contribution in [1.82, 2.24) is 9.97 Å². The lowest BCUT2D eigenvalue weighted by Crippen LogP contribution is -2.04. The Labute approximate surface area is 129 Å². The van der Waals surface area contributed by atoms with Crippen LogP contribution in [0.4, 0.5) is 5.82 Å². The third-order valence-corrected chi connectivity index (χ3v) is 4.47. The van der Waals surface area contributed by atoms with Gasteiger partial charge in [-0.25, -0.2) is 9.97 Å². The standard InChI is InChI=1S/C12H10Cl2IN3/c1-2-8-10(15)11(16)18-12(17-8)6-4-3-5-7(13)9(6)14/h3-5H,2H2,1H3,(H2,16,17,18). The molecule has 2 aromatic rings. The third kappa shape index (κ3) is 2.55. The second-order valence-corrected chi connectivity index (χ2v) is 5.51. The molecule has 0 radical (unpaired) electrons. The Kier molecular flexibility index (Phi) is 4.29. The van der Waals surface area contributed by atoms with Crippen LogP contribution < -0.4 is 5.73 Å². The van der Waals surface area contributed by atoms with E-state index in [-0.39, 0.29) is 0 Å². The molecule has 94 valence electrons. The normalized spacial score (nSPS) is 10.7. The van der Waals surface area contributed by atoms with Gasteiger partial charge in [-0.15, -0.1) is 0 Å². The summed E-state index contributed by atoms with van der Waals surface area (Å²) in [6, 6.07) is 5.37. The third-order valence-electron chi connectivity index (χ3n) is 2.47. The van der Waals surface area contributed by atoms with Crippen LogP contribution >= 0.6 is 45.8 Å². The quantitative estimate of drug-likeness (QED) is 0.778. The van der Waals surface area contributed by atoms with Crippen LogP contribution in [0.3, 0.4) is 0 Å². The Morgan fingerprint density at radius 1 is 1.28 bits per heavy atom. The smallest absolute Gasteiger partial charge is 0.163 e. The number of halogens is 3. The number of anilines is 1. The summed E-state index contributed by atoms with van der Waals surface area (Å²) < 4.78 is 0.886. The lowest BCUT2D eigenvalue weighted by molar-refractivity contribution is 0.994. The van der Waals surface area contributed by atoms with Gasteiger partial charge in [-0.1, -0.05) is 36.2 Å². The largest absolute Gasteiger partial charge is 0.383 e. The Hall–Kier alpha value is -0.590. The first-order chi connectivity index (χ1) is 8.54. The van der Waals surface area contributed by atoms with Crippen LogP contribution in [0, 0.1) is 3.57 Å². The zero-order valence-electron chi connectivity index (χ0n) is 9.54. The van der Waals surface area contributed by atoms with E-state index in [0.717, 1.165) is 15.7 Å². The number of nitrogen functional groups attached to an aromatic ring is 1. The number of aryl methyl sites for hydroxylation is 1. The first-order valence-corrected chi connectivity index (χ1v) is 7.14. The van der Waals surface area contributed by atoms with Gasteiger partial charge in [-0.3, -0.25) is 0 Å². The van der Waals surface area contributed by atoms with E-state index in [1.165, 1.54) is 0 Å². The molecule has 1 aromatic heterocycles.